The van der Waals surface area contributed by atoms with Crippen molar-refractivity contribution in [2.24, 2.45) is 0 Å². The van der Waals surface area contributed by atoms with Crippen molar-refractivity contribution < 1.29 is 10.0 Å². The number of aliphatic hydroxyl groups excluding tert-OH is 1. The average molecular weight is 301 g/mol. The van der Waals surface area contributed by atoms with E-state index in [1.807, 2.05) is 6.07 Å². The molecule has 92 valence electrons. The summed E-state index contributed by atoms with van der Waals surface area (Å²) in [6.45, 7) is 0.569. The van der Waals surface area contributed by atoms with E-state index in [9.17, 15) is 10.1 Å². The number of nitrogens with zero attached hydrogens (tertiary/aromatic N) is 1. The monoisotopic (exact) mass is 300 g/mol. The van der Waals surface area contributed by atoms with Crippen LogP contribution >= 0.6 is 15.9 Å². The van der Waals surface area contributed by atoms with Gasteiger partial charge in [0.25, 0.3) is 5.69 Å². The van der Waals surface area contributed by atoms with Crippen molar-refractivity contribution in [1.82, 2.24) is 5.32 Å². The SMILES string of the molecule is O=[N+]([O-])c1cccc(CNC2CC(O)C2)c1Br. The first kappa shape index (κ1) is 12.5. The van der Waals surface area contributed by atoms with Gasteiger partial charge in [-0.2, -0.15) is 0 Å². The summed E-state index contributed by atoms with van der Waals surface area (Å²) in [4.78, 5) is 10.3. The summed E-state index contributed by atoms with van der Waals surface area (Å²) in [5.74, 6) is 0. The number of hydrogen-bond acceptors (Lipinski definition) is 4. The number of aliphatic hydroxyl groups is 1. The van der Waals surface area contributed by atoms with Gasteiger partial charge in [-0.05, 0) is 34.3 Å². The maximum absolute atomic E-state index is 10.7. The Morgan fingerprint density at radius 3 is 2.82 bits per heavy atom. The van der Waals surface area contributed by atoms with Gasteiger partial charge in [0.2, 0.25) is 0 Å². The molecule has 0 unspecified atom stereocenters. The Morgan fingerprint density at radius 1 is 1.53 bits per heavy atom. The Bertz CT molecular complexity index is 433. The Balaban J connectivity index is 2.01. The highest BCUT2D eigenvalue weighted by molar-refractivity contribution is 9.10. The Labute approximate surface area is 107 Å². The Morgan fingerprint density at radius 2 is 2.24 bits per heavy atom. The van der Waals surface area contributed by atoms with Crippen LogP contribution in [0.25, 0.3) is 0 Å². The molecule has 0 aromatic heterocycles. The Hall–Kier alpha value is -0.980. The van der Waals surface area contributed by atoms with E-state index in [1.165, 1.54) is 6.07 Å². The minimum absolute atomic E-state index is 0.0814. The molecule has 0 bridgehead atoms. The van der Waals surface area contributed by atoms with Gasteiger partial charge in [-0.25, -0.2) is 0 Å². The molecule has 0 radical (unpaired) electrons. The van der Waals surface area contributed by atoms with Crippen LogP contribution in [0, 0.1) is 10.1 Å². The molecule has 0 amide bonds. The van der Waals surface area contributed by atoms with Crippen molar-refractivity contribution in [2.75, 3.05) is 0 Å². The van der Waals surface area contributed by atoms with E-state index in [0.29, 0.717) is 17.1 Å². The molecule has 1 aromatic rings. The minimum Gasteiger partial charge on any atom is -0.393 e. The summed E-state index contributed by atoms with van der Waals surface area (Å²) in [5, 5.41) is 23.2. The number of benzene rings is 1. The van der Waals surface area contributed by atoms with Crippen molar-refractivity contribution in [1.29, 1.82) is 0 Å². The second-order valence-electron chi connectivity index (χ2n) is 4.21. The van der Waals surface area contributed by atoms with Gasteiger partial charge in [0.15, 0.2) is 0 Å². The van der Waals surface area contributed by atoms with Gasteiger partial charge < -0.3 is 10.4 Å². The van der Waals surface area contributed by atoms with Crippen LogP contribution in [0.15, 0.2) is 22.7 Å². The molecule has 0 atom stereocenters. The van der Waals surface area contributed by atoms with Crippen LogP contribution in [-0.2, 0) is 6.54 Å². The molecule has 1 saturated carbocycles. The fourth-order valence-corrected chi connectivity index (χ4v) is 2.40. The molecule has 1 aliphatic rings. The number of nitro groups is 1. The normalized spacial score (nSPS) is 23.2. The third-order valence-corrected chi connectivity index (χ3v) is 3.86. The molecule has 6 heteroatoms. The molecule has 0 heterocycles. The van der Waals surface area contributed by atoms with Gasteiger partial charge in [0.1, 0.15) is 0 Å². The molecule has 1 aromatic carbocycles. The highest BCUT2D eigenvalue weighted by atomic mass is 79.9. The predicted molar refractivity (Wildman–Crippen MR) is 66.7 cm³/mol. The van der Waals surface area contributed by atoms with Crippen molar-refractivity contribution in [2.45, 2.75) is 31.5 Å². The second-order valence-corrected chi connectivity index (χ2v) is 5.00. The quantitative estimate of drug-likeness (QED) is 0.658. The lowest BCUT2D eigenvalue weighted by Crippen LogP contribution is -2.43. The first-order valence-electron chi connectivity index (χ1n) is 5.41. The number of hydrogen-bond donors (Lipinski definition) is 2. The molecule has 2 N–H and O–H groups in total. The molecule has 0 spiro atoms. The lowest BCUT2D eigenvalue weighted by molar-refractivity contribution is -0.385. The Kier molecular flexibility index (Phi) is 3.76. The molecular formula is C11H13BrN2O3. The van der Waals surface area contributed by atoms with Crippen molar-refractivity contribution >= 4 is 21.6 Å². The van der Waals surface area contributed by atoms with Crippen LogP contribution in [0.2, 0.25) is 0 Å². The van der Waals surface area contributed by atoms with E-state index in [1.54, 1.807) is 6.07 Å². The van der Waals surface area contributed by atoms with Crippen LogP contribution in [0.5, 0.6) is 0 Å². The highest BCUT2D eigenvalue weighted by Crippen LogP contribution is 2.28. The summed E-state index contributed by atoms with van der Waals surface area (Å²) in [6, 6.07) is 5.31. The summed E-state index contributed by atoms with van der Waals surface area (Å²) >= 11 is 3.25. The topological polar surface area (TPSA) is 75.4 Å². The van der Waals surface area contributed by atoms with Crippen LogP contribution in [-0.4, -0.2) is 22.2 Å². The van der Waals surface area contributed by atoms with Gasteiger partial charge in [-0.3, -0.25) is 10.1 Å². The number of halogens is 1. The zero-order valence-electron chi connectivity index (χ0n) is 9.10. The lowest BCUT2D eigenvalue weighted by atomic mass is 9.89. The molecule has 5 nitrogen and oxygen atoms in total. The summed E-state index contributed by atoms with van der Waals surface area (Å²) in [7, 11) is 0. The second kappa shape index (κ2) is 5.12. The summed E-state index contributed by atoms with van der Waals surface area (Å²) < 4.78 is 0.525. The van der Waals surface area contributed by atoms with E-state index in [-0.39, 0.29) is 11.8 Å². The van der Waals surface area contributed by atoms with E-state index in [4.69, 9.17) is 5.11 Å². The summed E-state index contributed by atoms with van der Waals surface area (Å²) in [5.41, 5.74) is 0.943. The van der Waals surface area contributed by atoms with Gasteiger partial charge >= 0.3 is 0 Å². The molecule has 0 saturated heterocycles. The number of rotatable bonds is 4. The average Bonchev–Trinajstić information content (AvgIpc) is 2.24. The molecule has 1 aliphatic carbocycles. The molecule has 17 heavy (non-hydrogen) atoms. The molecule has 1 fully saturated rings. The van der Waals surface area contributed by atoms with Crippen molar-refractivity contribution in [3.8, 4) is 0 Å². The van der Waals surface area contributed by atoms with Crippen LogP contribution in [0.4, 0.5) is 5.69 Å². The number of nitrogens with one attached hydrogen (secondary N) is 1. The van der Waals surface area contributed by atoms with Crippen LogP contribution in [0.3, 0.4) is 0 Å². The lowest BCUT2D eigenvalue weighted by Gasteiger charge is -2.32. The van der Waals surface area contributed by atoms with Crippen molar-refractivity contribution in [3.63, 3.8) is 0 Å². The maximum Gasteiger partial charge on any atom is 0.283 e. The van der Waals surface area contributed by atoms with Gasteiger partial charge in [-0.15, -0.1) is 0 Å². The minimum atomic E-state index is -0.402. The van der Waals surface area contributed by atoms with E-state index >= 15 is 0 Å². The van der Waals surface area contributed by atoms with Crippen LogP contribution in [0.1, 0.15) is 18.4 Å². The fraction of sp³-hybridized carbons (Fsp3) is 0.455. The summed E-state index contributed by atoms with van der Waals surface area (Å²) in [6.07, 6.45) is 1.32. The number of nitro benzene ring substituents is 1. The third kappa shape index (κ3) is 2.83. The first-order valence-corrected chi connectivity index (χ1v) is 6.20. The molecular weight excluding hydrogens is 288 g/mol. The standard InChI is InChI=1S/C11H13BrN2O3/c12-11-7(2-1-3-10(11)14(16)17)6-13-8-4-9(15)5-8/h1-3,8-9,13,15H,4-6H2. The molecule has 0 aliphatic heterocycles. The van der Waals surface area contributed by atoms with Gasteiger partial charge in [0.05, 0.1) is 15.5 Å². The molecule has 2 rings (SSSR count). The van der Waals surface area contributed by atoms with Crippen molar-refractivity contribution in [3.05, 3.63) is 38.3 Å². The zero-order chi connectivity index (χ0) is 12.4. The predicted octanol–water partition coefficient (Wildman–Crippen LogP) is 1.97. The highest BCUT2D eigenvalue weighted by Gasteiger charge is 2.26. The third-order valence-electron chi connectivity index (χ3n) is 2.95. The van der Waals surface area contributed by atoms with Crippen LogP contribution < -0.4 is 5.32 Å². The van der Waals surface area contributed by atoms with E-state index in [0.717, 1.165) is 18.4 Å². The fourth-order valence-electron chi connectivity index (χ4n) is 1.85. The van der Waals surface area contributed by atoms with Gasteiger partial charge in [0, 0.05) is 18.7 Å². The zero-order valence-corrected chi connectivity index (χ0v) is 10.7. The van der Waals surface area contributed by atoms with E-state index < -0.39 is 4.92 Å². The maximum atomic E-state index is 10.7. The van der Waals surface area contributed by atoms with E-state index in [2.05, 4.69) is 21.2 Å². The first-order chi connectivity index (χ1) is 8.08. The van der Waals surface area contributed by atoms with Gasteiger partial charge in [-0.1, -0.05) is 12.1 Å². The largest absolute Gasteiger partial charge is 0.393 e. The smallest absolute Gasteiger partial charge is 0.283 e.